The highest BCUT2D eigenvalue weighted by Crippen LogP contribution is 2.27. The van der Waals surface area contributed by atoms with Crippen molar-refractivity contribution < 1.29 is 4.74 Å². The molecule has 0 aliphatic rings. The molecule has 0 radical (unpaired) electrons. The van der Waals surface area contributed by atoms with Crippen molar-refractivity contribution in [3.05, 3.63) is 60.3 Å². The molecule has 3 heteroatoms. The fourth-order valence-corrected chi connectivity index (χ4v) is 2.35. The Bertz CT molecular complexity index is 751. The van der Waals surface area contributed by atoms with Crippen LogP contribution in [0.3, 0.4) is 0 Å². The molecule has 1 N–H and O–H groups in total. The van der Waals surface area contributed by atoms with Crippen LogP contribution in [-0.2, 0) is 6.42 Å². The van der Waals surface area contributed by atoms with Crippen LogP contribution in [0.15, 0.2) is 54.7 Å². The zero-order chi connectivity index (χ0) is 14.7. The molecular weight excluding hydrogens is 260 g/mol. The summed E-state index contributed by atoms with van der Waals surface area (Å²) in [7, 11) is 1.67. The van der Waals surface area contributed by atoms with Gasteiger partial charge in [-0.05, 0) is 54.4 Å². The summed E-state index contributed by atoms with van der Waals surface area (Å²) in [5.41, 5.74) is 4.42. The summed E-state index contributed by atoms with van der Waals surface area (Å²) in [5, 5.41) is 4.60. The number of nitrogens with zero attached hydrogens (tertiary/aromatic N) is 1. The number of nitrogens with one attached hydrogen (secondary N) is 1. The Hall–Kier alpha value is -2.55. The Balaban J connectivity index is 1.98. The van der Waals surface area contributed by atoms with Crippen molar-refractivity contribution in [1.82, 2.24) is 4.98 Å². The lowest BCUT2D eigenvalue weighted by molar-refractivity contribution is 0.415. The zero-order valence-electron chi connectivity index (χ0n) is 12.3. The van der Waals surface area contributed by atoms with Crippen LogP contribution >= 0.6 is 0 Å². The summed E-state index contributed by atoms with van der Waals surface area (Å²) in [6, 6.07) is 16.3. The first-order valence-corrected chi connectivity index (χ1v) is 7.09. The molecule has 0 saturated carbocycles. The molecule has 21 heavy (non-hydrogen) atoms. The molecule has 0 amide bonds. The number of pyridine rings is 1. The molecule has 0 atom stereocenters. The van der Waals surface area contributed by atoms with Gasteiger partial charge >= 0.3 is 0 Å². The molecule has 3 rings (SSSR count). The van der Waals surface area contributed by atoms with E-state index >= 15 is 0 Å². The second-order valence-corrected chi connectivity index (χ2v) is 4.92. The summed E-state index contributed by atoms with van der Waals surface area (Å²) < 4.78 is 5.18. The van der Waals surface area contributed by atoms with Gasteiger partial charge in [0.25, 0.3) is 0 Å². The van der Waals surface area contributed by atoms with Gasteiger partial charge in [-0.25, -0.2) is 0 Å². The van der Waals surface area contributed by atoms with Crippen LogP contribution in [0.1, 0.15) is 12.5 Å². The average Bonchev–Trinajstić information content (AvgIpc) is 2.55. The number of aryl methyl sites for hydroxylation is 1. The third-order valence-corrected chi connectivity index (χ3v) is 3.58. The zero-order valence-corrected chi connectivity index (χ0v) is 12.3. The summed E-state index contributed by atoms with van der Waals surface area (Å²) in [6.07, 6.45) is 2.85. The second-order valence-electron chi connectivity index (χ2n) is 4.92. The molecule has 1 heterocycles. The maximum Gasteiger partial charge on any atom is 0.119 e. The highest BCUT2D eigenvalue weighted by Gasteiger charge is 2.03. The first kappa shape index (κ1) is 13.4. The van der Waals surface area contributed by atoms with Crippen LogP contribution in [0, 0.1) is 0 Å². The normalized spacial score (nSPS) is 10.6. The maximum atomic E-state index is 5.18. The minimum atomic E-state index is 0.855. The van der Waals surface area contributed by atoms with Gasteiger partial charge in [0.05, 0.1) is 12.6 Å². The van der Waals surface area contributed by atoms with Crippen LogP contribution < -0.4 is 10.1 Å². The Kier molecular flexibility index (Phi) is 3.73. The van der Waals surface area contributed by atoms with Crippen molar-refractivity contribution in [3.8, 4) is 5.75 Å². The summed E-state index contributed by atoms with van der Waals surface area (Å²) in [6.45, 7) is 2.16. The topological polar surface area (TPSA) is 34.2 Å². The highest BCUT2D eigenvalue weighted by atomic mass is 16.5. The molecule has 106 valence electrons. The predicted octanol–water partition coefficient (Wildman–Crippen LogP) is 4.55. The first-order chi connectivity index (χ1) is 10.3. The van der Waals surface area contributed by atoms with E-state index in [4.69, 9.17) is 4.74 Å². The molecule has 0 aliphatic carbocycles. The van der Waals surface area contributed by atoms with Crippen molar-refractivity contribution in [1.29, 1.82) is 0 Å². The second kappa shape index (κ2) is 5.83. The van der Waals surface area contributed by atoms with Gasteiger partial charge in [0.15, 0.2) is 0 Å². The molecular formula is C18H18N2O. The highest BCUT2D eigenvalue weighted by molar-refractivity contribution is 5.93. The summed E-state index contributed by atoms with van der Waals surface area (Å²) in [5.74, 6) is 0.855. The van der Waals surface area contributed by atoms with E-state index in [1.807, 2.05) is 36.5 Å². The molecule has 0 fully saturated rings. The van der Waals surface area contributed by atoms with Crippen molar-refractivity contribution in [2.24, 2.45) is 0 Å². The maximum absolute atomic E-state index is 5.18. The number of ether oxygens (including phenoxy) is 1. The monoisotopic (exact) mass is 278 g/mol. The van der Waals surface area contributed by atoms with E-state index < -0.39 is 0 Å². The minimum Gasteiger partial charge on any atom is -0.497 e. The lowest BCUT2D eigenvalue weighted by Gasteiger charge is -2.11. The number of methoxy groups -OCH3 is 1. The van der Waals surface area contributed by atoms with Crippen LogP contribution in [-0.4, -0.2) is 12.1 Å². The van der Waals surface area contributed by atoms with Gasteiger partial charge in [0.2, 0.25) is 0 Å². The van der Waals surface area contributed by atoms with Crippen LogP contribution in [0.4, 0.5) is 11.4 Å². The smallest absolute Gasteiger partial charge is 0.119 e. The minimum absolute atomic E-state index is 0.855. The van der Waals surface area contributed by atoms with Crippen molar-refractivity contribution >= 4 is 22.3 Å². The lowest BCUT2D eigenvalue weighted by atomic mass is 10.1. The van der Waals surface area contributed by atoms with E-state index in [0.29, 0.717) is 0 Å². The molecule has 0 saturated heterocycles. The number of rotatable bonds is 4. The number of aromatic nitrogens is 1. The molecule has 2 aromatic carbocycles. The Morgan fingerprint density at radius 2 is 1.86 bits per heavy atom. The van der Waals surface area contributed by atoms with E-state index in [9.17, 15) is 0 Å². The SMILES string of the molecule is CCc1ccc2nccc(Nc3ccc(OC)cc3)c2c1. The van der Waals surface area contributed by atoms with E-state index in [-0.39, 0.29) is 0 Å². The van der Waals surface area contributed by atoms with Crippen molar-refractivity contribution in [2.45, 2.75) is 13.3 Å². The molecule has 3 aromatic rings. The molecule has 0 unspecified atom stereocenters. The molecule has 0 aliphatic heterocycles. The van der Waals surface area contributed by atoms with Gasteiger partial charge in [-0.1, -0.05) is 13.0 Å². The summed E-state index contributed by atoms with van der Waals surface area (Å²) in [4.78, 5) is 4.43. The average molecular weight is 278 g/mol. The van der Waals surface area contributed by atoms with Gasteiger partial charge in [-0.15, -0.1) is 0 Å². The molecule has 3 nitrogen and oxygen atoms in total. The van der Waals surface area contributed by atoms with Gasteiger partial charge in [0, 0.05) is 23.0 Å². The van der Waals surface area contributed by atoms with E-state index in [0.717, 1.165) is 34.4 Å². The van der Waals surface area contributed by atoms with Crippen molar-refractivity contribution in [3.63, 3.8) is 0 Å². The van der Waals surface area contributed by atoms with E-state index in [1.165, 1.54) is 5.56 Å². The molecule has 0 bridgehead atoms. The Morgan fingerprint density at radius 1 is 1.05 bits per heavy atom. The third-order valence-electron chi connectivity index (χ3n) is 3.58. The largest absolute Gasteiger partial charge is 0.497 e. The molecule has 0 spiro atoms. The van der Waals surface area contributed by atoms with E-state index in [1.54, 1.807) is 7.11 Å². The van der Waals surface area contributed by atoms with E-state index in [2.05, 4.69) is 35.4 Å². The van der Waals surface area contributed by atoms with Crippen LogP contribution in [0.25, 0.3) is 10.9 Å². The van der Waals surface area contributed by atoms with Gasteiger partial charge < -0.3 is 10.1 Å². The quantitative estimate of drug-likeness (QED) is 0.760. The van der Waals surface area contributed by atoms with Crippen LogP contribution in [0.2, 0.25) is 0 Å². The Labute approximate surface area is 124 Å². The summed E-state index contributed by atoms with van der Waals surface area (Å²) >= 11 is 0. The molecule has 1 aromatic heterocycles. The Morgan fingerprint density at radius 3 is 2.57 bits per heavy atom. The van der Waals surface area contributed by atoms with Gasteiger partial charge in [-0.2, -0.15) is 0 Å². The number of benzene rings is 2. The third kappa shape index (κ3) is 2.82. The lowest BCUT2D eigenvalue weighted by Crippen LogP contribution is -1.93. The fraction of sp³-hybridized carbons (Fsp3) is 0.167. The number of fused-ring (bicyclic) bond motifs is 1. The van der Waals surface area contributed by atoms with Crippen LogP contribution in [0.5, 0.6) is 5.75 Å². The number of hydrogen-bond acceptors (Lipinski definition) is 3. The standard InChI is InChI=1S/C18H18N2O/c1-3-13-4-9-17-16(12-13)18(10-11-19-17)20-14-5-7-15(21-2)8-6-14/h4-12H,3H2,1-2H3,(H,19,20). The predicted molar refractivity (Wildman–Crippen MR) is 87.4 cm³/mol. The van der Waals surface area contributed by atoms with Gasteiger partial charge in [0.1, 0.15) is 5.75 Å². The fourth-order valence-electron chi connectivity index (χ4n) is 2.35. The van der Waals surface area contributed by atoms with Crippen molar-refractivity contribution in [2.75, 3.05) is 12.4 Å². The first-order valence-electron chi connectivity index (χ1n) is 7.09. The number of anilines is 2. The number of hydrogen-bond donors (Lipinski definition) is 1. The van der Waals surface area contributed by atoms with Gasteiger partial charge in [-0.3, -0.25) is 4.98 Å².